The van der Waals surface area contributed by atoms with Gasteiger partial charge in [0.05, 0.1) is 0 Å². The molecule has 9 rings (SSSR count). The van der Waals surface area contributed by atoms with Gasteiger partial charge in [-0.15, -0.1) is 0 Å². The van der Waals surface area contributed by atoms with Gasteiger partial charge in [0.15, 0.2) is 0 Å². The fourth-order valence-corrected chi connectivity index (χ4v) is 9.98. The number of hydrogen-bond donors (Lipinski definition) is 0. The average molecular weight is 890 g/mol. The van der Waals surface area contributed by atoms with Gasteiger partial charge in [0.1, 0.15) is 0 Å². The molecule has 0 aliphatic heterocycles. The number of benzene rings is 8. The van der Waals surface area contributed by atoms with E-state index in [2.05, 4.69) is 278 Å². The van der Waals surface area contributed by atoms with Crippen LogP contribution >= 0.6 is 0 Å². The van der Waals surface area contributed by atoms with Crippen molar-refractivity contribution in [2.24, 2.45) is 0 Å². The van der Waals surface area contributed by atoms with E-state index < -0.39 is 0 Å². The van der Waals surface area contributed by atoms with Crippen molar-refractivity contribution in [2.75, 3.05) is 4.90 Å². The van der Waals surface area contributed by atoms with Gasteiger partial charge in [-0.05, 0) is 159 Å². The Morgan fingerprint density at radius 2 is 0.676 bits per heavy atom. The van der Waals surface area contributed by atoms with Gasteiger partial charge in [0.2, 0.25) is 0 Å². The van der Waals surface area contributed by atoms with E-state index in [0.29, 0.717) is 0 Å². The van der Waals surface area contributed by atoms with E-state index in [1.54, 1.807) is 0 Å². The maximum Gasteiger partial charge on any atom is 0.0467 e. The van der Waals surface area contributed by atoms with Gasteiger partial charge in [-0.25, -0.2) is 0 Å². The first-order valence-electron chi connectivity index (χ1n) is 24.7. The Bertz CT molecular complexity index is 3120. The first-order chi connectivity index (χ1) is 31.9. The molecule has 1 heteroatoms. The topological polar surface area (TPSA) is 3.24 Å². The van der Waals surface area contributed by atoms with Crippen LogP contribution in [0.1, 0.15) is 130 Å². The molecular weight excluding hydrogens is 819 g/mol. The molecule has 0 radical (unpaired) electrons. The molecule has 344 valence electrons. The molecule has 0 atom stereocenters. The summed E-state index contributed by atoms with van der Waals surface area (Å²) in [6.07, 6.45) is 0. The van der Waals surface area contributed by atoms with Gasteiger partial charge in [0, 0.05) is 22.5 Å². The molecule has 8 aromatic carbocycles. The second kappa shape index (κ2) is 17.0. The highest BCUT2D eigenvalue weighted by atomic mass is 15.1. The highest BCUT2D eigenvalue weighted by molar-refractivity contribution is 5.88. The number of nitrogens with zero attached hydrogens (tertiary/aromatic N) is 1. The molecule has 1 aliphatic carbocycles. The summed E-state index contributed by atoms with van der Waals surface area (Å²) in [4.78, 5) is 2.45. The van der Waals surface area contributed by atoms with Crippen LogP contribution in [0.3, 0.4) is 0 Å². The molecule has 0 heterocycles. The van der Waals surface area contributed by atoms with Crippen LogP contribution in [0.25, 0.3) is 55.6 Å². The highest BCUT2D eigenvalue weighted by Crippen LogP contribution is 2.51. The molecule has 0 saturated carbocycles. The van der Waals surface area contributed by atoms with Crippen LogP contribution < -0.4 is 4.90 Å². The minimum absolute atomic E-state index is 0.0230. The van der Waals surface area contributed by atoms with E-state index in [4.69, 9.17) is 0 Å². The molecule has 1 nitrogen and oxygen atoms in total. The molecule has 0 spiro atoms. The SMILES string of the molecule is CC(C)(C)c1cc(-c2cccc(N(c3ccc(-c4ccccc4)cc3)c3ccc4c(c3)C(C)(C)c3ccccc3-4)c2)cc(-c2cc(-c3cc(C(C)(C)C)cc(C(C)(C)C)c3)cc(C(C)(C)C)c2)c1. The summed E-state index contributed by atoms with van der Waals surface area (Å²) in [6, 6.07) is 66.9. The Morgan fingerprint density at radius 1 is 0.279 bits per heavy atom. The Morgan fingerprint density at radius 3 is 1.21 bits per heavy atom. The Kier molecular flexibility index (Phi) is 11.6. The number of hydrogen-bond acceptors (Lipinski definition) is 1. The number of rotatable bonds is 7. The summed E-state index contributed by atoms with van der Waals surface area (Å²) in [5.74, 6) is 0. The van der Waals surface area contributed by atoms with Crippen LogP contribution in [0.5, 0.6) is 0 Å². The molecule has 1 aliphatic rings. The largest absolute Gasteiger partial charge is 0.310 e. The zero-order chi connectivity index (χ0) is 48.6. The summed E-state index contributed by atoms with van der Waals surface area (Å²) in [6.45, 7) is 32.7. The summed E-state index contributed by atoms with van der Waals surface area (Å²) >= 11 is 0. The zero-order valence-electron chi connectivity index (χ0n) is 43.2. The van der Waals surface area contributed by atoms with Gasteiger partial charge in [-0.1, -0.05) is 224 Å². The third-order valence-electron chi connectivity index (χ3n) is 14.4. The molecule has 0 N–H and O–H groups in total. The fourth-order valence-electron chi connectivity index (χ4n) is 9.98. The summed E-state index contributed by atoms with van der Waals surface area (Å²) in [5.41, 5.74) is 23.9. The van der Waals surface area contributed by atoms with Crippen LogP contribution in [-0.4, -0.2) is 0 Å². The second-order valence-corrected chi connectivity index (χ2v) is 24.1. The molecule has 8 aromatic rings. The first kappa shape index (κ1) is 46.7. The van der Waals surface area contributed by atoms with Gasteiger partial charge < -0.3 is 4.90 Å². The lowest BCUT2D eigenvalue weighted by molar-refractivity contribution is 0.569. The van der Waals surface area contributed by atoms with Crippen LogP contribution in [0.4, 0.5) is 17.1 Å². The summed E-state index contributed by atoms with van der Waals surface area (Å²) in [7, 11) is 0. The molecule has 0 unspecified atom stereocenters. The van der Waals surface area contributed by atoms with Crippen LogP contribution in [0, 0.1) is 0 Å². The van der Waals surface area contributed by atoms with Crippen molar-refractivity contribution >= 4 is 17.1 Å². The molecular formula is C67H71N. The Hall–Kier alpha value is -6.44. The maximum atomic E-state index is 2.45. The van der Waals surface area contributed by atoms with Crippen molar-refractivity contribution in [3.8, 4) is 55.6 Å². The van der Waals surface area contributed by atoms with E-state index in [9.17, 15) is 0 Å². The van der Waals surface area contributed by atoms with Crippen molar-refractivity contribution in [1.29, 1.82) is 0 Å². The minimum Gasteiger partial charge on any atom is -0.310 e. The van der Waals surface area contributed by atoms with E-state index in [0.717, 1.165) is 17.1 Å². The monoisotopic (exact) mass is 890 g/mol. The van der Waals surface area contributed by atoms with Crippen molar-refractivity contribution in [3.05, 3.63) is 209 Å². The molecule has 0 fully saturated rings. The number of anilines is 3. The zero-order valence-corrected chi connectivity index (χ0v) is 43.2. The maximum absolute atomic E-state index is 2.45. The quantitative estimate of drug-likeness (QED) is 0.154. The van der Waals surface area contributed by atoms with Gasteiger partial charge in [-0.3, -0.25) is 0 Å². The van der Waals surface area contributed by atoms with E-state index in [1.807, 2.05) is 0 Å². The smallest absolute Gasteiger partial charge is 0.0467 e. The van der Waals surface area contributed by atoms with Crippen molar-refractivity contribution in [1.82, 2.24) is 0 Å². The first-order valence-corrected chi connectivity index (χ1v) is 24.7. The van der Waals surface area contributed by atoms with Crippen LogP contribution in [-0.2, 0) is 27.1 Å². The summed E-state index contributed by atoms with van der Waals surface area (Å²) in [5, 5.41) is 0. The third kappa shape index (κ3) is 9.13. The predicted octanol–water partition coefficient (Wildman–Crippen LogP) is 19.3. The lowest BCUT2D eigenvalue weighted by Crippen LogP contribution is -2.16. The van der Waals surface area contributed by atoms with E-state index in [-0.39, 0.29) is 27.1 Å². The van der Waals surface area contributed by atoms with Gasteiger partial charge in [-0.2, -0.15) is 0 Å². The standard InChI is InChI=1S/C67H71N/c1-63(2,3)52-35-47(33-48(36-52)49-34-50(38-53(37-49)64(4,5)6)51-39-54(65(7,8)9)42-55(40-51)66(10,11)12)46-23-20-24-57(41-46)68(56-29-27-45(28-30-56)44-21-16-15-17-22-44)58-31-32-60-59-25-18-19-26-61(59)67(13,14)62(60)43-58/h15-43H,1-14H3. The molecule has 0 bridgehead atoms. The molecule has 0 amide bonds. The normalized spacial score (nSPS) is 13.6. The van der Waals surface area contributed by atoms with Crippen LogP contribution in [0.2, 0.25) is 0 Å². The second-order valence-electron chi connectivity index (χ2n) is 24.1. The van der Waals surface area contributed by atoms with Crippen molar-refractivity contribution in [3.63, 3.8) is 0 Å². The highest BCUT2D eigenvalue weighted by Gasteiger charge is 2.36. The van der Waals surface area contributed by atoms with Gasteiger partial charge in [0.25, 0.3) is 0 Å². The summed E-state index contributed by atoms with van der Waals surface area (Å²) < 4.78 is 0. The lowest BCUT2D eigenvalue weighted by Gasteiger charge is -2.29. The number of fused-ring (bicyclic) bond motifs is 3. The molecule has 0 saturated heterocycles. The van der Waals surface area contributed by atoms with Crippen molar-refractivity contribution < 1.29 is 0 Å². The predicted molar refractivity (Wildman–Crippen MR) is 295 cm³/mol. The third-order valence-corrected chi connectivity index (χ3v) is 14.4. The van der Waals surface area contributed by atoms with Crippen molar-refractivity contribution in [2.45, 2.75) is 124 Å². The molecule has 0 aromatic heterocycles. The molecule has 68 heavy (non-hydrogen) atoms. The van der Waals surface area contributed by atoms with Crippen LogP contribution in [0.15, 0.2) is 176 Å². The Labute approximate surface area is 409 Å². The average Bonchev–Trinajstić information content (AvgIpc) is 3.53. The van der Waals surface area contributed by atoms with E-state index in [1.165, 1.54) is 89.0 Å². The fraction of sp³-hybridized carbons (Fsp3) is 0.284. The van der Waals surface area contributed by atoms with Gasteiger partial charge >= 0.3 is 0 Å². The Balaban J connectivity index is 1.20. The van der Waals surface area contributed by atoms with E-state index >= 15 is 0 Å². The minimum atomic E-state index is -0.120. The lowest BCUT2D eigenvalue weighted by atomic mass is 9.77.